The standard InChI is InChI=1S/C15H23N3O/c1-4-17(5-2)12-6-8-13(9-7-12)18-11-10-14(16-3)15(18)19/h6-9,14,16H,4-5,10-11H2,1-3H3. The smallest absolute Gasteiger partial charge is 0.244 e. The largest absolute Gasteiger partial charge is 0.372 e. The summed E-state index contributed by atoms with van der Waals surface area (Å²) in [4.78, 5) is 16.3. The molecule has 1 fully saturated rings. The van der Waals surface area contributed by atoms with Gasteiger partial charge in [0.05, 0.1) is 6.04 Å². The van der Waals surface area contributed by atoms with Crippen LogP contribution in [0.5, 0.6) is 0 Å². The van der Waals surface area contributed by atoms with Crippen molar-refractivity contribution in [3.63, 3.8) is 0 Å². The molecule has 1 aromatic carbocycles. The second-order valence-corrected chi connectivity index (χ2v) is 4.81. The van der Waals surface area contributed by atoms with Crippen LogP contribution in [-0.2, 0) is 4.79 Å². The Bertz CT molecular complexity index is 426. The van der Waals surface area contributed by atoms with Crippen molar-refractivity contribution >= 4 is 17.3 Å². The molecule has 1 N–H and O–H groups in total. The van der Waals surface area contributed by atoms with Crippen LogP contribution in [0.2, 0.25) is 0 Å². The normalized spacial score (nSPS) is 19.0. The molecule has 1 atom stereocenters. The number of amides is 1. The van der Waals surface area contributed by atoms with Gasteiger partial charge in [0, 0.05) is 31.0 Å². The third kappa shape index (κ3) is 2.73. The topological polar surface area (TPSA) is 35.6 Å². The molecule has 0 bridgehead atoms. The van der Waals surface area contributed by atoms with Crippen molar-refractivity contribution in [2.75, 3.05) is 36.5 Å². The molecule has 1 aromatic rings. The first-order valence-corrected chi connectivity index (χ1v) is 7.04. The summed E-state index contributed by atoms with van der Waals surface area (Å²) in [5.41, 5.74) is 2.21. The summed E-state index contributed by atoms with van der Waals surface area (Å²) in [6.07, 6.45) is 0.882. The van der Waals surface area contributed by atoms with Crippen LogP contribution < -0.4 is 15.1 Å². The van der Waals surface area contributed by atoms with Crippen LogP contribution in [0.15, 0.2) is 24.3 Å². The molecule has 0 aliphatic carbocycles. The fourth-order valence-electron chi connectivity index (χ4n) is 2.64. The molecule has 4 nitrogen and oxygen atoms in total. The maximum absolute atomic E-state index is 12.1. The average Bonchev–Trinajstić information content (AvgIpc) is 2.82. The van der Waals surface area contributed by atoms with E-state index in [9.17, 15) is 4.79 Å². The molecule has 0 radical (unpaired) electrons. The van der Waals surface area contributed by atoms with Gasteiger partial charge in [-0.2, -0.15) is 0 Å². The third-order valence-electron chi connectivity index (χ3n) is 3.84. The summed E-state index contributed by atoms with van der Waals surface area (Å²) < 4.78 is 0. The molecular formula is C15H23N3O. The number of likely N-dealkylation sites (N-methyl/N-ethyl adjacent to an activating group) is 1. The van der Waals surface area contributed by atoms with Crippen molar-refractivity contribution in [3.05, 3.63) is 24.3 Å². The minimum Gasteiger partial charge on any atom is -0.372 e. The van der Waals surface area contributed by atoms with Gasteiger partial charge in [0.1, 0.15) is 0 Å². The second-order valence-electron chi connectivity index (χ2n) is 4.81. The van der Waals surface area contributed by atoms with Gasteiger partial charge in [0.25, 0.3) is 0 Å². The molecule has 1 unspecified atom stereocenters. The summed E-state index contributed by atoms with van der Waals surface area (Å²) in [5, 5.41) is 3.06. The van der Waals surface area contributed by atoms with E-state index in [0.717, 1.165) is 31.7 Å². The van der Waals surface area contributed by atoms with Crippen molar-refractivity contribution in [2.24, 2.45) is 0 Å². The minimum atomic E-state index is -0.0255. The maximum atomic E-state index is 12.1. The number of hydrogen-bond donors (Lipinski definition) is 1. The van der Waals surface area contributed by atoms with E-state index in [2.05, 4.69) is 36.2 Å². The van der Waals surface area contributed by atoms with Gasteiger partial charge in [0.2, 0.25) is 5.91 Å². The Balaban J connectivity index is 2.13. The molecule has 2 rings (SSSR count). The first kappa shape index (κ1) is 13.9. The molecule has 1 amide bonds. The highest BCUT2D eigenvalue weighted by Gasteiger charge is 2.31. The van der Waals surface area contributed by atoms with Gasteiger partial charge in [-0.25, -0.2) is 0 Å². The third-order valence-corrected chi connectivity index (χ3v) is 3.84. The van der Waals surface area contributed by atoms with Gasteiger partial charge >= 0.3 is 0 Å². The van der Waals surface area contributed by atoms with Crippen LogP contribution in [0.1, 0.15) is 20.3 Å². The number of nitrogens with one attached hydrogen (secondary N) is 1. The lowest BCUT2D eigenvalue weighted by Gasteiger charge is -2.22. The zero-order valence-corrected chi connectivity index (χ0v) is 12.0. The van der Waals surface area contributed by atoms with Gasteiger partial charge in [-0.05, 0) is 51.6 Å². The van der Waals surface area contributed by atoms with Crippen molar-refractivity contribution in [1.29, 1.82) is 0 Å². The van der Waals surface area contributed by atoms with Gasteiger partial charge in [-0.1, -0.05) is 0 Å². The molecule has 0 aromatic heterocycles. The predicted octanol–water partition coefficient (Wildman–Crippen LogP) is 1.86. The Morgan fingerprint density at radius 2 is 1.89 bits per heavy atom. The van der Waals surface area contributed by atoms with Crippen LogP contribution in [0, 0.1) is 0 Å². The number of hydrogen-bond acceptors (Lipinski definition) is 3. The Hall–Kier alpha value is -1.55. The second kappa shape index (κ2) is 6.06. The molecule has 19 heavy (non-hydrogen) atoms. The summed E-state index contributed by atoms with van der Waals surface area (Å²) in [6.45, 7) is 7.10. The number of carbonyl (C=O) groups is 1. The van der Waals surface area contributed by atoms with Crippen molar-refractivity contribution in [2.45, 2.75) is 26.3 Å². The van der Waals surface area contributed by atoms with Crippen LogP contribution in [-0.4, -0.2) is 38.6 Å². The summed E-state index contributed by atoms with van der Waals surface area (Å²) in [7, 11) is 1.84. The van der Waals surface area contributed by atoms with Crippen molar-refractivity contribution in [1.82, 2.24) is 5.32 Å². The molecule has 1 heterocycles. The fourth-order valence-corrected chi connectivity index (χ4v) is 2.64. The highest BCUT2D eigenvalue weighted by Crippen LogP contribution is 2.24. The van der Waals surface area contributed by atoms with E-state index in [1.165, 1.54) is 5.69 Å². The van der Waals surface area contributed by atoms with Gasteiger partial charge in [0.15, 0.2) is 0 Å². The van der Waals surface area contributed by atoms with Gasteiger partial charge in [-0.15, -0.1) is 0 Å². The lowest BCUT2D eigenvalue weighted by molar-refractivity contribution is -0.118. The maximum Gasteiger partial charge on any atom is 0.244 e. The van der Waals surface area contributed by atoms with Crippen molar-refractivity contribution in [3.8, 4) is 0 Å². The van der Waals surface area contributed by atoms with Crippen LogP contribution in [0.4, 0.5) is 11.4 Å². The number of anilines is 2. The SMILES string of the molecule is CCN(CC)c1ccc(N2CCC(NC)C2=O)cc1. The Labute approximate surface area is 115 Å². The Morgan fingerprint density at radius 3 is 2.37 bits per heavy atom. The quantitative estimate of drug-likeness (QED) is 0.878. The summed E-state index contributed by atoms with van der Waals surface area (Å²) >= 11 is 0. The van der Waals surface area contributed by atoms with Crippen LogP contribution >= 0.6 is 0 Å². The zero-order valence-electron chi connectivity index (χ0n) is 12.0. The first-order chi connectivity index (χ1) is 9.21. The van der Waals surface area contributed by atoms with E-state index in [1.54, 1.807) is 0 Å². The number of benzene rings is 1. The van der Waals surface area contributed by atoms with E-state index in [1.807, 2.05) is 24.1 Å². The van der Waals surface area contributed by atoms with E-state index in [4.69, 9.17) is 0 Å². The molecule has 1 aliphatic heterocycles. The molecule has 104 valence electrons. The molecule has 1 saturated heterocycles. The molecular weight excluding hydrogens is 238 g/mol. The van der Waals surface area contributed by atoms with E-state index < -0.39 is 0 Å². The average molecular weight is 261 g/mol. The number of nitrogens with zero attached hydrogens (tertiary/aromatic N) is 2. The summed E-state index contributed by atoms with van der Waals surface area (Å²) in [6, 6.07) is 8.26. The van der Waals surface area contributed by atoms with E-state index in [-0.39, 0.29) is 11.9 Å². The number of rotatable bonds is 5. The highest BCUT2D eigenvalue weighted by atomic mass is 16.2. The number of carbonyl (C=O) groups excluding carboxylic acids is 1. The zero-order chi connectivity index (χ0) is 13.8. The lowest BCUT2D eigenvalue weighted by Crippen LogP contribution is -2.36. The molecule has 0 saturated carbocycles. The summed E-state index contributed by atoms with van der Waals surface area (Å²) in [5.74, 6) is 0.179. The predicted molar refractivity (Wildman–Crippen MR) is 79.8 cm³/mol. The monoisotopic (exact) mass is 261 g/mol. The lowest BCUT2D eigenvalue weighted by atomic mass is 10.2. The molecule has 1 aliphatic rings. The Kier molecular flexibility index (Phi) is 4.43. The van der Waals surface area contributed by atoms with Crippen LogP contribution in [0.3, 0.4) is 0 Å². The van der Waals surface area contributed by atoms with Gasteiger partial charge in [-0.3, -0.25) is 4.79 Å². The molecule has 0 spiro atoms. The van der Waals surface area contributed by atoms with Gasteiger partial charge < -0.3 is 15.1 Å². The van der Waals surface area contributed by atoms with Crippen molar-refractivity contribution < 1.29 is 4.79 Å². The molecule has 4 heteroatoms. The van der Waals surface area contributed by atoms with E-state index >= 15 is 0 Å². The highest BCUT2D eigenvalue weighted by molar-refractivity contribution is 5.99. The first-order valence-electron chi connectivity index (χ1n) is 7.04. The minimum absolute atomic E-state index is 0.0255. The van der Waals surface area contributed by atoms with Crippen LogP contribution in [0.25, 0.3) is 0 Å². The van der Waals surface area contributed by atoms with E-state index in [0.29, 0.717) is 0 Å². The fraction of sp³-hybridized carbons (Fsp3) is 0.533. The Morgan fingerprint density at radius 1 is 1.26 bits per heavy atom.